The highest BCUT2D eigenvalue weighted by molar-refractivity contribution is 5.99. The number of pyridine rings is 1. The predicted molar refractivity (Wildman–Crippen MR) is 101 cm³/mol. The first-order valence-corrected chi connectivity index (χ1v) is 8.96. The van der Waals surface area contributed by atoms with Crippen LogP contribution < -0.4 is 10.1 Å². The average Bonchev–Trinajstić information content (AvgIpc) is 2.63. The third-order valence-corrected chi connectivity index (χ3v) is 4.17. The largest absolute Gasteiger partial charge is 0.494 e. The number of hydrogen-bond donors (Lipinski definition) is 1. The Labute approximate surface area is 154 Å². The van der Waals surface area contributed by atoms with Gasteiger partial charge < -0.3 is 19.7 Å². The Morgan fingerprint density at radius 3 is 2.58 bits per heavy atom. The molecule has 0 spiro atoms. The zero-order valence-corrected chi connectivity index (χ0v) is 15.4. The minimum atomic E-state index is -0.0338. The predicted octanol–water partition coefficient (Wildman–Crippen LogP) is 3.47. The average molecular weight is 355 g/mol. The van der Waals surface area contributed by atoms with Crippen molar-refractivity contribution in [3.8, 4) is 5.75 Å². The fraction of sp³-hybridized carbons (Fsp3) is 0.400. The summed E-state index contributed by atoms with van der Waals surface area (Å²) in [5.41, 5.74) is 1.41. The molecule has 0 aliphatic carbocycles. The van der Waals surface area contributed by atoms with E-state index in [1.54, 1.807) is 18.3 Å². The smallest absolute Gasteiger partial charge is 0.257 e. The number of benzene rings is 1. The third-order valence-electron chi connectivity index (χ3n) is 4.17. The summed E-state index contributed by atoms with van der Waals surface area (Å²) in [6, 6.07) is 11.2. The highest BCUT2D eigenvalue weighted by Crippen LogP contribution is 2.23. The van der Waals surface area contributed by atoms with Crippen LogP contribution in [0.25, 0.3) is 0 Å². The molecule has 1 aliphatic heterocycles. The summed E-state index contributed by atoms with van der Waals surface area (Å²) >= 11 is 0. The molecule has 1 fully saturated rings. The first-order valence-electron chi connectivity index (χ1n) is 8.96. The number of aromatic nitrogens is 1. The Hall–Kier alpha value is -2.60. The SMILES string of the molecule is CCOc1ccc(Nc2ncccc2C(=O)N2C[C@@H](C)O[C@H](C)C2)cc1. The van der Waals surface area contributed by atoms with Gasteiger partial charge in [-0.25, -0.2) is 4.98 Å². The van der Waals surface area contributed by atoms with Crippen molar-refractivity contribution >= 4 is 17.4 Å². The quantitative estimate of drug-likeness (QED) is 0.890. The molecule has 1 amide bonds. The van der Waals surface area contributed by atoms with E-state index >= 15 is 0 Å². The molecular formula is C20H25N3O3. The van der Waals surface area contributed by atoms with E-state index in [0.29, 0.717) is 31.1 Å². The van der Waals surface area contributed by atoms with Crippen molar-refractivity contribution in [3.63, 3.8) is 0 Å². The summed E-state index contributed by atoms with van der Waals surface area (Å²) in [5.74, 6) is 1.33. The zero-order valence-electron chi connectivity index (χ0n) is 15.4. The highest BCUT2D eigenvalue weighted by atomic mass is 16.5. The molecule has 0 bridgehead atoms. The van der Waals surface area contributed by atoms with Crippen LogP contribution in [-0.2, 0) is 4.74 Å². The number of amides is 1. The van der Waals surface area contributed by atoms with E-state index in [-0.39, 0.29) is 18.1 Å². The van der Waals surface area contributed by atoms with Gasteiger partial charge in [-0.2, -0.15) is 0 Å². The Balaban J connectivity index is 1.78. The van der Waals surface area contributed by atoms with Gasteiger partial charge in [0.2, 0.25) is 0 Å². The van der Waals surface area contributed by atoms with E-state index in [1.165, 1.54) is 0 Å². The number of rotatable bonds is 5. The molecule has 2 heterocycles. The molecule has 6 heteroatoms. The standard InChI is InChI=1S/C20H25N3O3/c1-4-25-17-9-7-16(8-10-17)22-19-18(6-5-11-21-19)20(24)23-12-14(2)26-15(3)13-23/h5-11,14-15H,4,12-13H2,1-3H3,(H,21,22)/t14-,15-/m1/s1. The fourth-order valence-corrected chi connectivity index (χ4v) is 3.13. The highest BCUT2D eigenvalue weighted by Gasteiger charge is 2.28. The van der Waals surface area contributed by atoms with Gasteiger partial charge in [-0.1, -0.05) is 0 Å². The molecule has 26 heavy (non-hydrogen) atoms. The summed E-state index contributed by atoms with van der Waals surface area (Å²) in [5, 5.41) is 3.24. The lowest BCUT2D eigenvalue weighted by atomic mass is 10.1. The van der Waals surface area contributed by atoms with Gasteiger partial charge in [-0.3, -0.25) is 4.79 Å². The van der Waals surface area contributed by atoms with Crippen LogP contribution in [0.3, 0.4) is 0 Å². The second kappa shape index (κ2) is 8.19. The van der Waals surface area contributed by atoms with E-state index in [0.717, 1.165) is 11.4 Å². The van der Waals surface area contributed by atoms with Gasteiger partial charge in [0.15, 0.2) is 0 Å². The maximum absolute atomic E-state index is 13.0. The first-order chi connectivity index (χ1) is 12.6. The summed E-state index contributed by atoms with van der Waals surface area (Å²) in [4.78, 5) is 19.2. The van der Waals surface area contributed by atoms with Crippen molar-refractivity contribution < 1.29 is 14.3 Å². The lowest BCUT2D eigenvalue weighted by Gasteiger charge is -2.35. The molecule has 0 saturated carbocycles. The number of nitrogens with zero attached hydrogens (tertiary/aromatic N) is 2. The summed E-state index contributed by atoms with van der Waals surface area (Å²) < 4.78 is 11.2. The summed E-state index contributed by atoms with van der Waals surface area (Å²) in [6.45, 7) is 7.71. The monoisotopic (exact) mass is 355 g/mol. The maximum Gasteiger partial charge on any atom is 0.257 e. The van der Waals surface area contributed by atoms with E-state index in [9.17, 15) is 4.79 Å². The van der Waals surface area contributed by atoms with Gasteiger partial charge in [-0.05, 0) is 57.2 Å². The molecule has 1 aromatic heterocycles. The lowest BCUT2D eigenvalue weighted by Crippen LogP contribution is -2.48. The van der Waals surface area contributed by atoms with Crippen LogP contribution in [0.15, 0.2) is 42.6 Å². The molecule has 1 N–H and O–H groups in total. The number of hydrogen-bond acceptors (Lipinski definition) is 5. The van der Waals surface area contributed by atoms with E-state index in [1.807, 2.05) is 49.9 Å². The first kappa shape index (κ1) is 18.2. The van der Waals surface area contributed by atoms with Crippen LogP contribution >= 0.6 is 0 Å². The van der Waals surface area contributed by atoms with E-state index in [4.69, 9.17) is 9.47 Å². The van der Waals surface area contributed by atoms with Crippen LogP contribution in [0, 0.1) is 0 Å². The maximum atomic E-state index is 13.0. The van der Waals surface area contributed by atoms with Crippen LogP contribution in [0.2, 0.25) is 0 Å². The van der Waals surface area contributed by atoms with Crippen molar-refractivity contribution in [3.05, 3.63) is 48.2 Å². The van der Waals surface area contributed by atoms with Crippen LogP contribution in [0.1, 0.15) is 31.1 Å². The van der Waals surface area contributed by atoms with Gasteiger partial charge in [0.05, 0.1) is 24.4 Å². The Kier molecular flexibility index (Phi) is 5.73. The minimum absolute atomic E-state index is 0.0295. The molecular weight excluding hydrogens is 330 g/mol. The van der Waals surface area contributed by atoms with E-state index in [2.05, 4.69) is 10.3 Å². The molecule has 0 radical (unpaired) electrons. The Morgan fingerprint density at radius 1 is 1.23 bits per heavy atom. The fourth-order valence-electron chi connectivity index (χ4n) is 3.13. The van der Waals surface area contributed by atoms with Crippen LogP contribution in [-0.4, -0.2) is 47.7 Å². The molecule has 1 aliphatic rings. The molecule has 2 atom stereocenters. The van der Waals surface area contributed by atoms with Crippen molar-refractivity contribution in [1.29, 1.82) is 0 Å². The van der Waals surface area contributed by atoms with Crippen molar-refractivity contribution in [2.24, 2.45) is 0 Å². The molecule has 138 valence electrons. The number of anilines is 2. The van der Waals surface area contributed by atoms with Gasteiger partial charge in [-0.15, -0.1) is 0 Å². The second-order valence-electron chi connectivity index (χ2n) is 6.45. The van der Waals surface area contributed by atoms with Gasteiger partial charge >= 0.3 is 0 Å². The number of nitrogens with one attached hydrogen (secondary N) is 1. The number of morpholine rings is 1. The van der Waals surface area contributed by atoms with Gasteiger partial charge in [0, 0.05) is 25.0 Å². The summed E-state index contributed by atoms with van der Waals surface area (Å²) in [6.07, 6.45) is 1.74. The minimum Gasteiger partial charge on any atom is -0.494 e. The number of carbonyl (C=O) groups is 1. The molecule has 3 rings (SSSR count). The molecule has 0 unspecified atom stereocenters. The zero-order chi connectivity index (χ0) is 18.5. The lowest BCUT2D eigenvalue weighted by molar-refractivity contribution is -0.0586. The molecule has 6 nitrogen and oxygen atoms in total. The topological polar surface area (TPSA) is 63.7 Å². The van der Waals surface area contributed by atoms with Crippen molar-refractivity contribution in [2.45, 2.75) is 33.0 Å². The van der Waals surface area contributed by atoms with Crippen LogP contribution in [0.4, 0.5) is 11.5 Å². The molecule has 2 aromatic rings. The van der Waals surface area contributed by atoms with Crippen LogP contribution in [0.5, 0.6) is 5.75 Å². The number of carbonyl (C=O) groups excluding carboxylic acids is 1. The number of ether oxygens (including phenoxy) is 2. The molecule has 1 saturated heterocycles. The third kappa shape index (κ3) is 4.32. The van der Waals surface area contributed by atoms with Crippen molar-refractivity contribution in [1.82, 2.24) is 9.88 Å². The van der Waals surface area contributed by atoms with E-state index < -0.39 is 0 Å². The Morgan fingerprint density at radius 2 is 1.92 bits per heavy atom. The second-order valence-corrected chi connectivity index (χ2v) is 6.45. The van der Waals surface area contributed by atoms with Gasteiger partial charge in [0.1, 0.15) is 11.6 Å². The Bertz CT molecular complexity index is 738. The summed E-state index contributed by atoms with van der Waals surface area (Å²) in [7, 11) is 0. The van der Waals surface area contributed by atoms with Gasteiger partial charge in [0.25, 0.3) is 5.91 Å². The molecule has 1 aromatic carbocycles. The van der Waals surface area contributed by atoms with Crippen molar-refractivity contribution in [2.75, 3.05) is 25.0 Å². The normalized spacial score (nSPS) is 19.9.